The Morgan fingerprint density at radius 2 is 1.91 bits per heavy atom. The molecule has 0 saturated carbocycles. The molecular formula is C18H26N2O3. The molecule has 126 valence electrons. The van der Waals surface area contributed by atoms with Gasteiger partial charge in [0.15, 0.2) is 0 Å². The van der Waals surface area contributed by atoms with Crippen molar-refractivity contribution < 1.29 is 14.3 Å². The van der Waals surface area contributed by atoms with Crippen molar-refractivity contribution in [2.75, 3.05) is 25.0 Å². The van der Waals surface area contributed by atoms with Gasteiger partial charge >= 0.3 is 6.09 Å². The zero-order valence-corrected chi connectivity index (χ0v) is 14.2. The first-order valence-electron chi connectivity index (χ1n) is 8.34. The molecule has 1 aliphatic heterocycles. The highest BCUT2D eigenvalue weighted by Gasteiger charge is 2.28. The average molecular weight is 318 g/mol. The van der Waals surface area contributed by atoms with Crippen LogP contribution in [0.25, 0.3) is 0 Å². The molecule has 0 aliphatic carbocycles. The third-order valence-electron chi connectivity index (χ3n) is 4.23. The first kappa shape index (κ1) is 17.3. The van der Waals surface area contributed by atoms with E-state index in [0.717, 1.165) is 11.3 Å². The van der Waals surface area contributed by atoms with Gasteiger partial charge in [0.1, 0.15) is 0 Å². The van der Waals surface area contributed by atoms with Crippen molar-refractivity contribution in [1.82, 2.24) is 4.90 Å². The Kier molecular flexibility index (Phi) is 6.02. The predicted molar refractivity (Wildman–Crippen MR) is 90.5 cm³/mol. The average Bonchev–Trinajstić information content (AvgIpc) is 2.55. The summed E-state index contributed by atoms with van der Waals surface area (Å²) in [6.07, 6.45) is 1.07. The molecule has 2 rings (SSSR count). The summed E-state index contributed by atoms with van der Waals surface area (Å²) in [6.45, 7) is 7.55. The summed E-state index contributed by atoms with van der Waals surface area (Å²) in [4.78, 5) is 25.9. The van der Waals surface area contributed by atoms with E-state index < -0.39 is 0 Å². The fourth-order valence-corrected chi connectivity index (χ4v) is 2.89. The van der Waals surface area contributed by atoms with E-state index in [4.69, 9.17) is 4.74 Å². The van der Waals surface area contributed by atoms with Crippen LogP contribution >= 0.6 is 0 Å². The van der Waals surface area contributed by atoms with Gasteiger partial charge < -0.3 is 15.0 Å². The number of hydrogen-bond acceptors (Lipinski definition) is 3. The number of amides is 2. The number of carbonyl (C=O) groups is 2. The first-order chi connectivity index (χ1) is 11.0. The van der Waals surface area contributed by atoms with E-state index in [0.29, 0.717) is 38.5 Å². The number of rotatable bonds is 4. The van der Waals surface area contributed by atoms with Crippen molar-refractivity contribution in [2.45, 2.75) is 39.5 Å². The third-order valence-corrected chi connectivity index (χ3v) is 4.23. The van der Waals surface area contributed by atoms with Crippen LogP contribution in [0, 0.1) is 5.92 Å². The molecule has 1 N–H and O–H groups in total. The molecule has 0 radical (unpaired) electrons. The number of hydrogen-bond donors (Lipinski definition) is 1. The van der Waals surface area contributed by atoms with Gasteiger partial charge in [0.25, 0.3) is 0 Å². The predicted octanol–water partition coefficient (Wildman–Crippen LogP) is 3.62. The summed E-state index contributed by atoms with van der Waals surface area (Å²) in [5.41, 5.74) is 2.03. The zero-order chi connectivity index (χ0) is 16.8. The molecule has 1 aromatic rings. The van der Waals surface area contributed by atoms with Crippen LogP contribution < -0.4 is 5.32 Å². The molecule has 1 fully saturated rings. The van der Waals surface area contributed by atoms with E-state index in [1.807, 2.05) is 24.3 Å². The Morgan fingerprint density at radius 3 is 2.52 bits per heavy atom. The second-order valence-corrected chi connectivity index (χ2v) is 6.19. The molecule has 0 aromatic heterocycles. The lowest BCUT2D eigenvalue weighted by atomic mass is 9.95. The topological polar surface area (TPSA) is 58.6 Å². The Labute approximate surface area is 138 Å². The van der Waals surface area contributed by atoms with Gasteiger partial charge in [0.05, 0.1) is 6.61 Å². The molecule has 0 unspecified atom stereocenters. The van der Waals surface area contributed by atoms with E-state index in [-0.39, 0.29) is 17.9 Å². The van der Waals surface area contributed by atoms with Gasteiger partial charge in [0, 0.05) is 24.7 Å². The monoisotopic (exact) mass is 318 g/mol. The van der Waals surface area contributed by atoms with Crippen LogP contribution in [0.3, 0.4) is 0 Å². The molecule has 1 saturated heterocycles. The maximum Gasteiger partial charge on any atom is 0.409 e. The summed E-state index contributed by atoms with van der Waals surface area (Å²) in [7, 11) is 0. The van der Waals surface area contributed by atoms with Crippen LogP contribution in [0.2, 0.25) is 0 Å². The molecule has 0 spiro atoms. The Morgan fingerprint density at radius 1 is 1.26 bits per heavy atom. The van der Waals surface area contributed by atoms with Gasteiger partial charge in [-0.05, 0) is 37.3 Å². The molecule has 1 heterocycles. The zero-order valence-electron chi connectivity index (χ0n) is 14.2. The van der Waals surface area contributed by atoms with Crippen LogP contribution in [0.1, 0.15) is 45.1 Å². The number of nitrogens with zero attached hydrogens (tertiary/aromatic N) is 1. The standard InChI is InChI=1S/C18H26N2O3/c1-4-23-18(22)20-11-9-14(10-12-20)17(21)19-16-8-6-5-7-15(16)13(2)3/h5-8,13-14H,4,9-12H2,1-3H3,(H,19,21). The normalized spacial score (nSPS) is 15.6. The lowest BCUT2D eigenvalue weighted by molar-refractivity contribution is -0.121. The fraction of sp³-hybridized carbons (Fsp3) is 0.556. The van der Waals surface area contributed by atoms with Gasteiger partial charge in [0.2, 0.25) is 5.91 Å². The van der Waals surface area contributed by atoms with Crippen molar-refractivity contribution in [3.05, 3.63) is 29.8 Å². The SMILES string of the molecule is CCOC(=O)N1CCC(C(=O)Nc2ccccc2C(C)C)CC1. The lowest BCUT2D eigenvalue weighted by Crippen LogP contribution is -2.41. The minimum atomic E-state index is -0.281. The number of benzene rings is 1. The molecule has 23 heavy (non-hydrogen) atoms. The van der Waals surface area contributed by atoms with Crippen LogP contribution in [-0.4, -0.2) is 36.6 Å². The highest BCUT2D eigenvalue weighted by molar-refractivity contribution is 5.93. The first-order valence-corrected chi connectivity index (χ1v) is 8.34. The van der Waals surface area contributed by atoms with Crippen molar-refractivity contribution >= 4 is 17.7 Å². The van der Waals surface area contributed by atoms with Crippen molar-refractivity contribution in [3.63, 3.8) is 0 Å². The van der Waals surface area contributed by atoms with Gasteiger partial charge in [-0.15, -0.1) is 0 Å². The summed E-state index contributed by atoms with van der Waals surface area (Å²) in [5, 5.41) is 3.06. The van der Waals surface area contributed by atoms with Gasteiger partial charge in [-0.3, -0.25) is 4.79 Å². The van der Waals surface area contributed by atoms with E-state index in [1.165, 1.54) is 0 Å². The maximum atomic E-state index is 12.5. The number of likely N-dealkylation sites (tertiary alicyclic amines) is 1. The minimum absolute atomic E-state index is 0.0432. The van der Waals surface area contributed by atoms with E-state index in [9.17, 15) is 9.59 Å². The van der Waals surface area contributed by atoms with E-state index in [2.05, 4.69) is 19.2 Å². The largest absolute Gasteiger partial charge is 0.450 e. The number of carbonyl (C=O) groups excluding carboxylic acids is 2. The molecule has 1 aliphatic rings. The summed E-state index contributed by atoms with van der Waals surface area (Å²) in [5.74, 6) is 0.347. The molecular weight excluding hydrogens is 292 g/mol. The smallest absolute Gasteiger partial charge is 0.409 e. The number of para-hydroxylation sites is 1. The molecule has 5 heteroatoms. The third kappa shape index (κ3) is 4.47. The van der Waals surface area contributed by atoms with Gasteiger partial charge in [-0.1, -0.05) is 32.0 Å². The molecule has 0 atom stereocenters. The fourth-order valence-electron chi connectivity index (χ4n) is 2.89. The van der Waals surface area contributed by atoms with Crippen LogP contribution in [0.15, 0.2) is 24.3 Å². The Hall–Kier alpha value is -2.04. The van der Waals surface area contributed by atoms with E-state index in [1.54, 1.807) is 11.8 Å². The van der Waals surface area contributed by atoms with Crippen LogP contribution in [0.5, 0.6) is 0 Å². The number of nitrogens with one attached hydrogen (secondary N) is 1. The van der Waals surface area contributed by atoms with E-state index >= 15 is 0 Å². The molecule has 1 aromatic carbocycles. The van der Waals surface area contributed by atoms with Gasteiger partial charge in [-0.2, -0.15) is 0 Å². The molecule has 2 amide bonds. The van der Waals surface area contributed by atoms with Gasteiger partial charge in [-0.25, -0.2) is 4.79 Å². The number of ether oxygens (including phenoxy) is 1. The quantitative estimate of drug-likeness (QED) is 0.922. The summed E-state index contributed by atoms with van der Waals surface area (Å²) < 4.78 is 5.00. The summed E-state index contributed by atoms with van der Waals surface area (Å²) >= 11 is 0. The van der Waals surface area contributed by atoms with Crippen molar-refractivity contribution in [3.8, 4) is 0 Å². The highest BCUT2D eigenvalue weighted by Crippen LogP contribution is 2.26. The Bertz CT molecular complexity index is 549. The second-order valence-electron chi connectivity index (χ2n) is 6.19. The number of piperidine rings is 1. The molecule has 0 bridgehead atoms. The maximum absolute atomic E-state index is 12.5. The number of anilines is 1. The lowest BCUT2D eigenvalue weighted by Gasteiger charge is -2.30. The summed E-state index contributed by atoms with van der Waals surface area (Å²) in [6, 6.07) is 7.91. The van der Waals surface area contributed by atoms with Crippen LogP contribution in [-0.2, 0) is 9.53 Å². The van der Waals surface area contributed by atoms with Crippen LogP contribution in [0.4, 0.5) is 10.5 Å². The van der Waals surface area contributed by atoms with Crippen molar-refractivity contribution in [2.24, 2.45) is 5.92 Å². The highest BCUT2D eigenvalue weighted by atomic mass is 16.6. The minimum Gasteiger partial charge on any atom is -0.450 e. The van der Waals surface area contributed by atoms with Crippen molar-refractivity contribution in [1.29, 1.82) is 0 Å². The molecule has 5 nitrogen and oxygen atoms in total. The Balaban J connectivity index is 1.92. The second kappa shape index (κ2) is 7.99.